The largest absolute Gasteiger partial charge is 0.342 e. The molecule has 1 saturated carbocycles. The van der Waals surface area contributed by atoms with Crippen molar-refractivity contribution in [1.82, 2.24) is 19.7 Å². The van der Waals surface area contributed by atoms with Gasteiger partial charge in [0.25, 0.3) is 0 Å². The highest BCUT2D eigenvalue weighted by molar-refractivity contribution is 7.99. The van der Waals surface area contributed by atoms with Crippen molar-refractivity contribution >= 4 is 17.7 Å². The molecule has 3 rings (SSSR count). The minimum absolute atomic E-state index is 0.252. The minimum atomic E-state index is 0.252. The summed E-state index contributed by atoms with van der Waals surface area (Å²) < 4.78 is 2.12. The maximum absolute atomic E-state index is 12.3. The lowest BCUT2D eigenvalue weighted by molar-refractivity contribution is -0.128. The topological polar surface area (TPSA) is 51.0 Å². The van der Waals surface area contributed by atoms with E-state index in [-0.39, 0.29) is 5.91 Å². The summed E-state index contributed by atoms with van der Waals surface area (Å²) in [4.78, 5) is 14.3. The molecule has 1 saturated heterocycles. The van der Waals surface area contributed by atoms with Crippen LogP contribution in [0.1, 0.15) is 51.0 Å². The minimum Gasteiger partial charge on any atom is -0.342 e. The van der Waals surface area contributed by atoms with Crippen LogP contribution in [0.2, 0.25) is 0 Å². The van der Waals surface area contributed by atoms with Crippen molar-refractivity contribution in [3.05, 3.63) is 6.33 Å². The van der Waals surface area contributed by atoms with Gasteiger partial charge in [0.1, 0.15) is 6.33 Å². The molecule has 1 aliphatic carbocycles. The third-order valence-electron chi connectivity index (χ3n) is 4.01. The average molecular weight is 294 g/mol. The van der Waals surface area contributed by atoms with Crippen molar-refractivity contribution in [3.63, 3.8) is 0 Å². The van der Waals surface area contributed by atoms with Gasteiger partial charge in [0.2, 0.25) is 5.91 Å². The molecule has 0 N–H and O–H groups in total. The Kier molecular flexibility index (Phi) is 4.60. The van der Waals surface area contributed by atoms with E-state index in [1.54, 1.807) is 6.33 Å². The molecule has 0 spiro atoms. The quantitative estimate of drug-likeness (QED) is 0.801. The van der Waals surface area contributed by atoms with Crippen LogP contribution in [0, 0.1) is 0 Å². The number of rotatable bonds is 4. The number of likely N-dealkylation sites (tertiary alicyclic amines) is 1. The molecule has 1 aliphatic heterocycles. The van der Waals surface area contributed by atoms with E-state index in [0.717, 1.165) is 31.1 Å². The Morgan fingerprint density at radius 3 is 2.60 bits per heavy atom. The van der Waals surface area contributed by atoms with Gasteiger partial charge in [-0.2, -0.15) is 0 Å². The lowest BCUT2D eigenvalue weighted by Crippen LogP contribution is -2.35. The van der Waals surface area contributed by atoms with E-state index in [4.69, 9.17) is 0 Å². The fourth-order valence-electron chi connectivity index (χ4n) is 2.65. The molecule has 1 amide bonds. The maximum atomic E-state index is 12.3. The predicted octanol–water partition coefficient (Wildman–Crippen LogP) is 2.50. The normalized spacial score (nSPS) is 20.5. The molecular weight excluding hydrogens is 272 g/mol. The third-order valence-corrected chi connectivity index (χ3v) is 4.96. The Hall–Kier alpha value is -1.04. The van der Waals surface area contributed by atoms with Gasteiger partial charge in [-0.3, -0.25) is 4.79 Å². The SMILES string of the molecule is O=C(CSc1nncn1C1CC1)N1CCCCCCC1. The van der Waals surface area contributed by atoms with Crippen molar-refractivity contribution in [1.29, 1.82) is 0 Å². The number of carbonyl (C=O) groups is 1. The first-order valence-corrected chi connectivity index (χ1v) is 8.63. The number of hydrogen-bond acceptors (Lipinski definition) is 4. The number of hydrogen-bond donors (Lipinski definition) is 0. The Morgan fingerprint density at radius 1 is 1.20 bits per heavy atom. The van der Waals surface area contributed by atoms with E-state index in [2.05, 4.69) is 14.8 Å². The molecule has 110 valence electrons. The highest BCUT2D eigenvalue weighted by atomic mass is 32.2. The van der Waals surface area contributed by atoms with E-state index >= 15 is 0 Å². The van der Waals surface area contributed by atoms with Crippen LogP contribution in [-0.4, -0.2) is 44.4 Å². The zero-order valence-corrected chi connectivity index (χ0v) is 12.6. The Morgan fingerprint density at radius 2 is 1.90 bits per heavy atom. The second-order valence-electron chi connectivity index (χ2n) is 5.69. The zero-order valence-electron chi connectivity index (χ0n) is 11.8. The van der Waals surface area contributed by atoms with Crippen LogP contribution in [0.3, 0.4) is 0 Å². The molecule has 0 radical (unpaired) electrons. The first-order valence-electron chi connectivity index (χ1n) is 7.64. The van der Waals surface area contributed by atoms with Crippen molar-refractivity contribution in [2.75, 3.05) is 18.8 Å². The van der Waals surface area contributed by atoms with Crippen LogP contribution in [0.25, 0.3) is 0 Å². The maximum Gasteiger partial charge on any atom is 0.233 e. The smallest absolute Gasteiger partial charge is 0.233 e. The molecule has 2 fully saturated rings. The molecule has 2 heterocycles. The van der Waals surface area contributed by atoms with Gasteiger partial charge in [0.15, 0.2) is 5.16 Å². The lowest BCUT2D eigenvalue weighted by Gasteiger charge is -2.24. The second-order valence-corrected chi connectivity index (χ2v) is 6.63. The van der Waals surface area contributed by atoms with E-state index in [1.165, 1.54) is 43.9 Å². The van der Waals surface area contributed by atoms with Gasteiger partial charge in [-0.25, -0.2) is 0 Å². The third kappa shape index (κ3) is 3.53. The molecule has 20 heavy (non-hydrogen) atoms. The summed E-state index contributed by atoms with van der Waals surface area (Å²) >= 11 is 1.53. The van der Waals surface area contributed by atoms with Gasteiger partial charge >= 0.3 is 0 Å². The lowest BCUT2D eigenvalue weighted by atomic mass is 10.1. The van der Waals surface area contributed by atoms with Gasteiger partial charge in [0.05, 0.1) is 5.75 Å². The van der Waals surface area contributed by atoms with Crippen LogP contribution in [0.4, 0.5) is 0 Å². The number of nitrogens with zero attached hydrogens (tertiary/aromatic N) is 4. The standard InChI is InChI=1S/C14H22N4OS/c19-13(17-8-4-2-1-3-5-9-17)10-20-14-16-15-11-18(14)12-6-7-12/h11-12H,1-10H2. The molecule has 2 aliphatic rings. The molecule has 0 unspecified atom stereocenters. The summed E-state index contributed by atoms with van der Waals surface area (Å²) in [6.45, 7) is 1.85. The zero-order chi connectivity index (χ0) is 13.8. The van der Waals surface area contributed by atoms with E-state index in [9.17, 15) is 4.79 Å². The molecule has 5 nitrogen and oxygen atoms in total. The fraction of sp³-hybridized carbons (Fsp3) is 0.786. The number of amides is 1. The highest BCUT2D eigenvalue weighted by Crippen LogP contribution is 2.37. The van der Waals surface area contributed by atoms with Crippen molar-refractivity contribution in [3.8, 4) is 0 Å². The van der Waals surface area contributed by atoms with Crippen LogP contribution in [-0.2, 0) is 4.79 Å². The summed E-state index contributed by atoms with van der Waals surface area (Å²) in [5.74, 6) is 0.744. The van der Waals surface area contributed by atoms with Crippen molar-refractivity contribution < 1.29 is 4.79 Å². The summed E-state index contributed by atoms with van der Waals surface area (Å²) in [6, 6.07) is 0.573. The Bertz CT molecular complexity index is 450. The van der Waals surface area contributed by atoms with Crippen LogP contribution < -0.4 is 0 Å². The monoisotopic (exact) mass is 294 g/mol. The summed E-state index contributed by atoms with van der Waals surface area (Å²) in [5, 5.41) is 9.00. The second kappa shape index (κ2) is 6.61. The van der Waals surface area contributed by atoms with Crippen LogP contribution >= 0.6 is 11.8 Å². The molecular formula is C14H22N4OS. The van der Waals surface area contributed by atoms with Crippen LogP contribution in [0.5, 0.6) is 0 Å². The molecule has 0 atom stereocenters. The number of carbonyl (C=O) groups excluding carboxylic acids is 1. The van der Waals surface area contributed by atoms with Gasteiger partial charge in [-0.05, 0) is 25.7 Å². The van der Waals surface area contributed by atoms with Crippen LogP contribution in [0.15, 0.2) is 11.5 Å². The van der Waals surface area contributed by atoms with E-state index in [1.807, 2.05) is 4.90 Å². The fourth-order valence-corrected chi connectivity index (χ4v) is 3.54. The molecule has 6 heteroatoms. The van der Waals surface area contributed by atoms with E-state index < -0.39 is 0 Å². The molecule has 1 aromatic heterocycles. The molecule has 0 aromatic carbocycles. The van der Waals surface area contributed by atoms with Crippen molar-refractivity contribution in [2.45, 2.75) is 56.1 Å². The van der Waals surface area contributed by atoms with Gasteiger partial charge in [0, 0.05) is 19.1 Å². The number of aromatic nitrogens is 3. The molecule has 0 bridgehead atoms. The first kappa shape index (κ1) is 13.9. The Balaban J connectivity index is 1.51. The van der Waals surface area contributed by atoms with Gasteiger partial charge < -0.3 is 9.47 Å². The predicted molar refractivity (Wildman–Crippen MR) is 78.7 cm³/mol. The summed E-state index contributed by atoms with van der Waals surface area (Å²) in [6.07, 6.45) is 10.3. The average Bonchev–Trinajstić information content (AvgIpc) is 3.15. The highest BCUT2D eigenvalue weighted by Gasteiger charge is 2.26. The van der Waals surface area contributed by atoms with Gasteiger partial charge in [-0.15, -0.1) is 10.2 Å². The number of thioether (sulfide) groups is 1. The molecule has 1 aromatic rings. The van der Waals surface area contributed by atoms with E-state index in [0.29, 0.717) is 11.8 Å². The summed E-state index contributed by atoms with van der Waals surface area (Å²) in [5.41, 5.74) is 0. The van der Waals surface area contributed by atoms with Gasteiger partial charge in [-0.1, -0.05) is 31.0 Å². The first-order chi connectivity index (χ1) is 9.84. The Labute approximate surface area is 124 Å². The van der Waals surface area contributed by atoms with Crippen molar-refractivity contribution in [2.24, 2.45) is 0 Å². The summed E-state index contributed by atoms with van der Waals surface area (Å²) in [7, 11) is 0.